The van der Waals surface area contributed by atoms with Crippen LogP contribution in [-0.4, -0.2) is 41.5 Å². The molecule has 0 spiro atoms. The minimum absolute atomic E-state index is 0.0160. The summed E-state index contributed by atoms with van der Waals surface area (Å²) in [6.07, 6.45) is 5.55. The predicted molar refractivity (Wildman–Crippen MR) is 89.6 cm³/mol. The summed E-state index contributed by atoms with van der Waals surface area (Å²) in [5.74, 6) is 1.87. The highest BCUT2D eigenvalue weighted by Gasteiger charge is 2.29. The van der Waals surface area contributed by atoms with Crippen molar-refractivity contribution in [1.82, 2.24) is 15.4 Å². The minimum atomic E-state index is 0.0160. The van der Waals surface area contributed by atoms with Gasteiger partial charge in [-0.25, -0.2) is 0 Å². The van der Waals surface area contributed by atoms with E-state index in [2.05, 4.69) is 10.5 Å². The van der Waals surface area contributed by atoms with Crippen molar-refractivity contribution in [3.63, 3.8) is 0 Å². The van der Waals surface area contributed by atoms with Crippen LogP contribution in [0.2, 0.25) is 0 Å². The summed E-state index contributed by atoms with van der Waals surface area (Å²) < 4.78 is 5.17. The molecule has 1 saturated carbocycles. The molecular weight excluding hydrogens is 306 g/mol. The zero-order valence-corrected chi connectivity index (χ0v) is 14.6. The number of likely N-dealkylation sites (tertiary alicyclic amines) is 1. The number of hydrogen-bond acceptors (Lipinski definition) is 4. The molecule has 2 fully saturated rings. The van der Waals surface area contributed by atoms with Gasteiger partial charge in [0.15, 0.2) is 0 Å². The first-order valence-electron chi connectivity index (χ1n) is 9.09. The zero-order chi connectivity index (χ0) is 17.1. The van der Waals surface area contributed by atoms with Crippen molar-refractivity contribution < 1.29 is 14.1 Å². The lowest BCUT2D eigenvalue weighted by Gasteiger charge is -2.31. The second-order valence-electron chi connectivity index (χ2n) is 7.10. The van der Waals surface area contributed by atoms with Gasteiger partial charge in [-0.3, -0.25) is 9.59 Å². The van der Waals surface area contributed by atoms with Crippen LogP contribution >= 0.6 is 0 Å². The number of hydrogen-bond donors (Lipinski definition) is 1. The van der Waals surface area contributed by atoms with Crippen molar-refractivity contribution >= 4 is 11.8 Å². The van der Waals surface area contributed by atoms with E-state index in [-0.39, 0.29) is 11.8 Å². The van der Waals surface area contributed by atoms with Crippen LogP contribution in [0, 0.1) is 18.8 Å². The van der Waals surface area contributed by atoms with Gasteiger partial charge >= 0.3 is 0 Å². The summed E-state index contributed by atoms with van der Waals surface area (Å²) in [6.45, 7) is 6.00. The SMILES string of the molecule is CCc1noc(C)c1C(=O)N1CCC(CC(=O)NCC2CC2)CC1. The fourth-order valence-corrected chi connectivity index (χ4v) is 3.35. The van der Waals surface area contributed by atoms with E-state index in [0.717, 1.165) is 25.1 Å². The monoisotopic (exact) mass is 333 g/mol. The van der Waals surface area contributed by atoms with E-state index in [4.69, 9.17) is 4.52 Å². The second kappa shape index (κ2) is 7.36. The molecule has 2 amide bonds. The highest BCUT2D eigenvalue weighted by atomic mass is 16.5. The molecule has 24 heavy (non-hydrogen) atoms. The van der Waals surface area contributed by atoms with Gasteiger partial charge < -0.3 is 14.7 Å². The van der Waals surface area contributed by atoms with Crippen molar-refractivity contribution in [1.29, 1.82) is 0 Å². The number of aromatic nitrogens is 1. The Morgan fingerprint density at radius 2 is 1.92 bits per heavy atom. The van der Waals surface area contributed by atoms with E-state index >= 15 is 0 Å². The van der Waals surface area contributed by atoms with Crippen molar-refractivity contribution in [2.45, 2.75) is 52.4 Å². The van der Waals surface area contributed by atoms with E-state index < -0.39 is 0 Å². The molecule has 6 nitrogen and oxygen atoms in total. The van der Waals surface area contributed by atoms with E-state index in [1.54, 1.807) is 6.92 Å². The van der Waals surface area contributed by atoms with Gasteiger partial charge in [-0.2, -0.15) is 0 Å². The maximum atomic E-state index is 12.7. The van der Waals surface area contributed by atoms with Crippen molar-refractivity contribution in [2.75, 3.05) is 19.6 Å². The number of amides is 2. The Morgan fingerprint density at radius 3 is 2.54 bits per heavy atom. The summed E-state index contributed by atoms with van der Waals surface area (Å²) in [5, 5.41) is 7.00. The largest absolute Gasteiger partial charge is 0.361 e. The van der Waals surface area contributed by atoms with Crippen LogP contribution in [0.4, 0.5) is 0 Å². The first-order chi connectivity index (χ1) is 11.6. The van der Waals surface area contributed by atoms with E-state index in [1.165, 1.54) is 12.8 Å². The maximum Gasteiger partial charge on any atom is 0.259 e. The van der Waals surface area contributed by atoms with E-state index in [9.17, 15) is 9.59 Å². The molecule has 0 unspecified atom stereocenters. The Hall–Kier alpha value is -1.85. The highest BCUT2D eigenvalue weighted by Crippen LogP contribution is 2.28. The number of nitrogens with zero attached hydrogens (tertiary/aromatic N) is 2. The molecule has 0 bridgehead atoms. The molecule has 1 aromatic heterocycles. The van der Waals surface area contributed by atoms with Crippen LogP contribution in [0.1, 0.15) is 60.8 Å². The van der Waals surface area contributed by atoms with Gasteiger partial charge in [0.1, 0.15) is 11.3 Å². The number of carbonyl (C=O) groups excluding carboxylic acids is 2. The van der Waals surface area contributed by atoms with Gasteiger partial charge in [-0.05, 0) is 50.9 Å². The van der Waals surface area contributed by atoms with Gasteiger partial charge in [0.05, 0.1) is 5.69 Å². The van der Waals surface area contributed by atoms with Crippen LogP contribution in [0.25, 0.3) is 0 Å². The standard InChI is InChI=1S/C18H27N3O3/c1-3-15-17(12(2)24-20-15)18(23)21-8-6-13(7-9-21)10-16(22)19-11-14-4-5-14/h13-14H,3-11H2,1-2H3,(H,19,22). The number of rotatable bonds is 6. The second-order valence-corrected chi connectivity index (χ2v) is 7.10. The summed E-state index contributed by atoms with van der Waals surface area (Å²) >= 11 is 0. The molecular formula is C18H27N3O3. The topological polar surface area (TPSA) is 75.4 Å². The fraction of sp³-hybridized carbons (Fsp3) is 0.722. The van der Waals surface area contributed by atoms with Gasteiger partial charge in [-0.15, -0.1) is 0 Å². The van der Waals surface area contributed by atoms with Crippen LogP contribution in [-0.2, 0) is 11.2 Å². The summed E-state index contributed by atoms with van der Waals surface area (Å²) in [5.41, 5.74) is 1.36. The van der Waals surface area contributed by atoms with Gasteiger partial charge in [0.25, 0.3) is 5.91 Å². The molecule has 2 heterocycles. The molecule has 1 N–H and O–H groups in total. The third-order valence-corrected chi connectivity index (χ3v) is 5.14. The Balaban J connectivity index is 1.48. The van der Waals surface area contributed by atoms with E-state index in [1.807, 2.05) is 11.8 Å². The summed E-state index contributed by atoms with van der Waals surface area (Å²) in [6, 6.07) is 0. The van der Waals surface area contributed by atoms with Crippen LogP contribution in [0.3, 0.4) is 0 Å². The molecule has 0 radical (unpaired) electrons. The van der Waals surface area contributed by atoms with Gasteiger partial charge in [0, 0.05) is 26.1 Å². The molecule has 1 aliphatic carbocycles. The number of aryl methyl sites for hydroxylation is 2. The summed E-state index contributed by atoms with van der Waals surface area (Å²) in [4.78, 5) is 26.6. The maximum absolute atomic E-state index is 12.7. The molecule has 2 aliphatic rings. The van der Waals surface area contributed by atoms with Gasteiger partial charge in [0.2, 0.25) is 5.91 Å². The average Bonchev–Trinajstić information content (AvgIpc) is 3.34. The molecule has 6 heteroatoms. The van der Waals surface area contributed by atoms with Crippen LogP contribution in [0.5, 0.6) is 0 Å². The van der Waals surface area contributed by atoms with Crippen molar-refractivity contribution in [3.05, 3.63) is 17.0 Å². The zero-order valence-electron chi connectivity index (χ0n) is 14.6. The normalized spacial score (nSPS) is 18.7. The Labute approximate surface area is 142 Å². The molecule has 1 aliphatic heterocycles. The number of piperidine rings is 1. The molecule has 1 saturated heterocycles. The van der Waals surface area contributed by atoms with Gasteiger partial charge in [-0.1, -0.05) is 12.1 Å². The quantitative estimate of drug-likeness (QED) is 0.867. The van der Waals surface area contributed by atoms with Crippen molar-refractivity contribution in [3.8, 4) is 0 Å². The lowest BCUT2D eigenvalue weighted by Crippen LogP contribution is -2.40. The Bertz CT molecular complexity index is 599. The predicted octanol–water partition coefficient (Wildman–Crippen LogP) is 2.31. The van der Waals surface area contributed by atoms with Crippen molar-refractivity contribution in [2.24, 2.45) is 11.8 Å². The third-order valence-electron chi connectivity index (χ3n) is 5.14. The smallest absolute Gasteiger partial charge is 0.259 e. The Morgan fingerprint density at radius 1 is 1.21 bits per heavy atom. The highest BCUT2D eigenvalue weighted by molar-refractivity contribution is 5.96. The lowest BCUT2D eigenvalue weighted by molar-refractivity contribution is -0.122. The third kappa shape index (κ3) is 3.97. The first-order valence-corrected chi connectivity index (χ1v) is 9.09. The number of carbonyl (C=O) groups is 2. The van der Waals surface area contributed by atoms with E-state index in [0.29, 0.717) is 49.1 Å². The fourth-order valence-electron chi connectivity index (χ4n) is 3.35. The van der Waals surface area contributed by atoms with Crippen LogP contribution in [0.15, 0.2) is 4.52 Å². The minimum Gasteiger partial charge on any atom is -0.361 e. The molecule has 0 aromatic carbocycles. The molecule has 0 atom stereocenters. The van der Waals surface area contributed by atoms with Crippen LogP contribution < -0.4 is 5.32 Å². The average molecular weight is 333 g/mol. The summed E-state index contributed by atoms with van der Waals surface area (Å²) in [7, 11) is 0. The molecule has 3 rings (SSSR count). The lowest BCUT2D eigenvalue weighted by atomic mass is 9.92. The molecule has 132 valence electrons. The molecule has 1 aromatic rings. The Kier molecular flexibility index (Phi) is 5.21. The first kappa shape index (κ1) is 17.0. The number of nitrogens with one attached hydrogen (secondary N) is 1.